The van der Waals surface area contributed by atoms with Gasteiger partial charge in [0.05, 0.1) is 13.0 Å². The Kier molecular flexibility index (Phi) is 3.61. The lowest BCUT2D eigenvalue weighted by molar-refractivity contribution is -0.141. The van der Waals surface area contributed by atoms with Crippen molar-refractivity contribution in [3.05, 3.63) is 41.7 Å². The summed E-state index contributed by atoms with van der Waals surface area (Å²) in [7, 11) is 1.31. The molecule has 15 heavy (non-hydrogen) atoms. The van der Waals surface area contributed by atoms with Gasteiger partial charge in [-0.05, 0) is 18.6 Å². The van der Waals surface area contributed by atoms with E-state index in [1.807, 2.05) is 0 Å². The molecular formula is C12H13FO2. The third-order valence-corrected chi connectivity index (χ3v) is 2.30. The van der Waals surface area contributed by atoms with Crippen LogP contribution in [0.3, 0.4) is 0 Å². The van der Waals surface area contributed by atoms with Gasteiger partial charge in [0.25, 0.3) is 0 Å². The van der Waals surface area contributed by atoms with Crippen LogP contribution >= 0.6 is 0 Å². The average Bonchev–Trinajstić information content (AvgIpc) is 2.26. The summed E-state index contributed by atoms with van der Waals surface area (Å²) in [5.41, 5.74) is 1.03. The molecule has 0 bridgehead atoms. The van der Waals surface area contributed by atoms with Crippen LogP contribution in [0.25, 0.3) is 6.08 Å². The minimum atomic E-state index is -0.455. The molecule has 0 N–H and O–H groups in total. The van der Waals surface area contributed by atoms with Gasteiger partial charge in [-0.3, -0.25) is 4.79 Å². The number of carbonyl (C=O) groups is 1. The first-order valence-electron chi connectivity index (χ1n) is 4.60. The molecule has 3 heteroatoms. The minimum Gasteiger partial charge on any atom is -0.469 e. The molecule has 1 aromatic carbocycles. The zero-order valence-electron chi connectivity index (χ0n) is 8.79. The summed E-state index contributed by atoms with van der Waals surface area (Å²) in [5.74, 6) is -1.21. The Morgan fingerprint density at radius 2 is 2.27 bits per heavy atom. The van der Waals surface area contributed by atoms with Gasteiger partial charge in [-0.15, -0.1) is 0 Å². The Bertz CT molecular complexity index is 385. The van der Waals surface area contributed by atoms with Gasteiger partial charge >= 0.3 is 5.97 Å². The lowest BCUT2D eigenvalue weighted by atomic mass is 9.99. The van der Waals surface area contributed by atoms with E-state index in [1.54, 1.807) is 19.1 Å². The molecule has 0 radical (unpaired) electrons. The van der Waals surface area contributed by atoms with E-state index < -0.39 is 5.92 Å². The Hall–Kier alpha value is -1.64. The first-order valence-corrected chi connectivity index (χ1v) is 4.60. The van der Waals surface area contributed by atoms with Gasteiger partial charge in [0.2, 0.25) is 0 Å². The van der Waals surface area contributed by atoms with E-state index >= 15 is 0 Å². The number of halogens is 1. The summed E-state index contributed by atoms with van der Waals surface area (Å²) in [6.45, 7) is 5.16. The zero-order chi connectivity index (χ0) is 11.4. The maximum atomic E-state index is 13.4. The van der Waals surface area contributed by atoms with Crippen LogP contribution in [0.2, 0.25) is 0 Å². The second-order valence-electron chi connectivity index (χ2n) is 3.23. The molecule has 0 fully saturated rings. The number of carbonyl (C=O) groups excluding carboxylic acids is 1. The second-order valence-corrected chi connectivity index (χ2v) is 3.23. The zero-order valence-corrected chi connectivity index (χ0v) is 8.79. The lowest BCUT2D eigenvalue weighted by Crippen LogP contribution is -2.11. The molecule has 0 amide bonds. The topological polar surface area (TPSA) is 26.3 Å². The van der Waals surface area contributed by atoms with Crippen LogP contribution in [-0.4, -0.2) is 13.1 Å². The normalized spacial score (nSPS) is 11.9. The van der Waals surface area contributed by atoms with Gasteiger partial charge in [0.1, 0.15) is 5.82 Å². The highest BCUT2D eigenvalue weighted by Crippen LogP contribution is 2.20. The standard InChI is InChI=1S/C12H13FO2/c1-4-9-5-6-10(7-11(9)13)8(2)12(14)15-3/h4-8H,1H2,2-3H3. The van der Waals surface area contributed by atoms with Gasteiger partial charge < -0.3 is 4.74 Å². The first kappa shape index (κ1) is 11.4. The molecule has 0 aliphatic carbocycles. The molecule has 2 nitrogen and oxygen atoms in total. The number of ether oxygens (including phenoxy) is 1. The van der Waals surface area contributed by atoms with Crippen LogP contribution in [0.15, 0.2) is 24.8 Å². The number of esters is 1. The van der Waals surface area contributed by atoms with E-state index in [9.17, 15) is 9.18 Å². The van der Waals surface area contributed by atoms with Crippen molar-refractivity contribution in [2.24, 2.45) is 0 Å². The van der Waals surface area contributed by atoms with Crippen LogP contribution in [-0.2, 0) is 9.53 Å². The van der Waals surface area contributed by atoms with Gasteiger partial charge in [-0.2, -0.15) is 0 Å². The third-order valence-electron chi connectivity index (χ3n) is 2.30. The predicted octanol–water partition coefficient (Wildman–Crippen LogP) is 2.75. The smallest absolute Gasteiger partial charge is 0.312 e. The maximum absolute atomic E-state index is 13.4. The summed E-state index contributed by atoms with van der Waals surface area (Å²) in [6, 6.07) is 4.62. The lowest BCUT2D eigenvalue weighted by Gasteiger charge is -2.10. The monoisotopic (exact) mass is 208 g/mol. The largest absolute Gasteiger partial charge is 0.469 e. The van der Waals surface area contributed by atoms with Crippen molar-refractivity contribution < 1.29 is 13.9 Å². The molecule has 0 aromatic heterocycles. The summed E-state index contributed by atoms with van der Waals surface area (Å²) in [6.07, 6.45) is 1.43. The van der Waals surface area contributed by atoms with Crippen molar-refractivity contribution >= 4 is 12.0 Å². The Morgan fingerprint density at radius 3 is 2.73 bits per heavy atom. The van der Waals surface area contributed by atoms with E-state index in [0.29, 0.717) is 11.1 Å². The van der Waals surface area contributed by atoms with E-state index in [1.165, 1.54) is 19.3 Å². The number of rotatable bonds is 3. The Labute approximate surface area is 88.4 Å². The van der Waals surface area contributed by atoms with Gasteiger partial charge in [-0.25, -0.2) is 4.39 Å². The summed E-state index contributed by atoms with van der Waals surface area (Å²) >= 11 is 0. The SMILES string of the molecule is C=Cc1ccc(C(C)C(=O)OC)cc1F. The molecule has 0 heterocycles. The fraction of sp³-hybridized carbons (Fsp3) is 0.250. The second kappa shape index (κ2) is 4.73. The first-order chi connectivity index (χ1) is 7.10. The molecule has 80 valence electrons. The van der Waals surface area contributed by atoms with Gasteiger partial charge in [0.15, 0.2) is 0 Å². The van der Waals surface area contributed by atoms with Crippen LogP contribution < -0.4 is 0 Å². The molecule has 0 aliphatic rings. The van der Waals surface area contributed by atoms with E-state index in [-0.39, 0.29) is 11.8 Å². The van der Waals surface area contributed by atoms with E-state index in [0.717, 1.165) is 0 Å². The molecule has 0 saturated carbocycles. The van der Waals surface area contributed by atoms with Gasteiger partial charge in [-0.1, -0.05) is 24.8 Å². The average molecular weight is 208 g/mol. The number of hydrogen-bond donors (Lipinski definition) is 0. The van der Waals surface area contributed by atoms with E-state index in [2.05, 4.69) is 11.3 Å². The highest BCUT2D eigenvalue weighted by Gasteiger charge is 2.16. The van der Waals surface area contributed by atoms with Crippen molar-refractivity contribution in [1.82, 2.24) is 0 Å². The molecule has 1 unspecified atom stereocenters. The number of hydrogen-bond acceptors (Lipinski definition) is 2. The van der Waals surface area contributed by atoms with Gasteiger partial charge in [0, 0.05) is 5.56 Å². The molecular weight excluding hydrogens is 195 g/mol. The number of benzene rings is 1. The highest BCUT2D eigenvalue weighted by atomic mass is 19.1. The van der Waals surface area contributed by atoms with Crippen molar-refractivity contribution in [3.63, 3.8) is 0 Å². The van der Waals surface area contributed by atoms with E-state index in [4.69, 9.17) is 0 Å². The van der Waals surface area contributed by atoms with Crippen LogP contribution in [0.5, 0.6) is 0 Å². The van der Waals surface area contributed by atoms with Crippen LogP contribution in [0.1, 0.15) is 24.0 Å². The van der Waals surface area contributed by atoms with Crippen LogP contribution in [0.4, 0.5) is 4.39 Å². The predicted molar refractivity (Wildman–Crippen MR) is 56.9 cm³/mol. The Morgan fingerprint density at radius 1 is 1.60 bits per heavy atom. The molecule has 1 rings (SSSR count). The molecule has 1 atom stereocenters. The quantitative estimate of drug-likeness (QED) is 0.714. The van der Waals surface area contributed by atoms with Crippen molar-refractivity contribution in [1.29, 1.82) is 0 Å². The summed E-state index contributed by atoms with van der Waals surface area (Å²) in [5, 5.41) is 0. The van der Waals surface area contributed by atoms with Crippen molar-refractivity contribution in [3.8, 4) is 0 Å². The third kappa shape index (κ3) is 2.43. The molecule has 0 saturated heterocycles. The number of methoxy groups -OCH3 is 1. The summed E-state index contributed by atoms with van der Waals surface area (Å²) in [4.78, 5) is 11.2. The minimum absolute atomic E-state index is 0.374. The fourth-order valence-corrected chi connectivity index (χ4v) is 1.29. The van der Waals surface area contributed by atoms with Crippen molar-refractivity contribution in [2.75, 3.05) is 7.11 Å². The fourth-order valence-electron chi connectivity index (χ4n) is 1.29. The Balaban J connectivity index is 3.02. The molecule has 1 aromatic rings. The van der Waals surface area contributed by atoms with Crippen molar-refractivity contribution in [2.45, 2.75) is 12.8 Å². The highest BCUT2D eigenvalue weighted by molar-refractivity contribution is 5.77. The summed E-state index contributed by atoms with van der Waals surface area (Å²) < 4.78 is 17.9. The molecule has 0 spiro atoms. The molecule has 0 aliphatic heterocycles. The van der Waals surface area contributed by atoms with Crippen LogP contribution in [0, 0.1) is 5.82 Å². The maximum Gasteiger partial charge on any atom is 0.312 e.